The van der Waals surface area contributed by atoms with Crippen molar-refractivity contribution in [2.24, 2.45) is 23.2 Å². The van der Waals surface area contributed by atoms with E-state index in [-0.39, 0.29) is 17.2 Å². The molecule has 8 rings (SSSR count). The second kappa shape index (κ2) is 9.47. The van der Waals surface area contributed by atoms with Crippen molar-refractivity contribution < 1.29 is 14.0 Å². The molecular weight excluding hydrogens is 512 g/mol. The van der Waals surface area contributed by atoms with Gasteiger partial charge < -0.3 is 14.6 Å². The molecule has 3 heterocycles. The second-order valence-electron chi connectivity index (χ2n) is 12.4. The molecule has 0 atom stereocenters. The maximum Gasteiger partial charge on any atom is 0.257 e. The summed E-state index contributed by atoms with van der Waals surface area (Å²) in [7, 11) is 0. The molecule has 4 aliphatic carbocycles. The summed E-state index contributed by atoms with van der Waals surface area (Å²) in [6.07, 6.45) is 10.4. The third-order valence-electron chi connectivity index (χ3n) is 9.53. The van der Waals surface area contributed by atoms with E-state index >= 15 is 0 Å². The van der Waals surface area contributed by atoms with E-state index in [1.165, 1.54) is 44.9 Å². The lowest BCUT2D eigenvalue weighted by molar-refractivity contribution is -0.124. The molecule has 1 aromatic carbocycles. The zero-order chi connectivity index (χ0) is 26.7. The van der Waals surface area contributed by atoms with Crippen molar-refractivity contribution in [3.63, 3.8) is 0 Å². The fourth-order valence-electron chi connectivity index (χ4n) is 8.28. The van der Waals surface area contributed by atoms with Crippen LogP contribution in [0.4, 0.5) is 5.82 Å². The van der Waals surface area contributed by atoms with E-state index in [0.29, 0.717) is 53.9 Å². The number of halogens is 1. The molecule has 0 unspecified atom stereocenters. The van der Waals surface area contributed by atoms with E-state index in [1.807, 2.05) is 19.1 Å². The maximum absolute atomic E-state index is 13.5. The molecule has 1 aliphatic heterocycles. The normalized spacial score (nSPS) is 26.9. The van der Waals surface area contributed by atoms with Crippen molar-refractivity contribution in [2.45, 2.75) is 64.8 Å². The van der Waals surface area contributed by atoms with Gasteiger partial charge in [0.1, 0.15) is 23.7 Å². The minimum atomic E-state index is -0.0897. The maximum atomic E-state index is 13.5. The average Bonchev–Trinajstić information content (AvgIpc) is 3.28. The van der Waals surface area contributed by atoms with E-state index in [1.54, 1.807) is 23.1 Å². The summed E-state index contributed by atoms with van der Waals surface area (Å²) in [6.45, 7) is 2.71. The van der Waals surface area contributed by atoms with E-state index in [0.717, 1.165) is 34.6 Å². The molecule has 5 aliphatic rings. The van der Waals surface area contributed by atoms with Crippen LogP contribution in [-0.2, 0) is 17.8 Å². The number of rotatable bonds is 5. The van der Waals surface area contributed by atoms with Gasteiger partial charge in [0.05, 0.1) is 17.8 Å². The number of benzene rings is 1. The molecule has 0 saturated heterocycles. The van der Waals surface area contributed by atoms with Gasteiger partial charge in [0, 0.05) is 29.1 Å². The minimum Gasteiger partial charge on any atom is -0.461 e. The van der Waals surface area contributed by atoms with Gasteiger partial charge in [-0.05, 0) is 105 Å². The Balaban J connectivity index is 1.04. The van der Waals surface area contributed by atoms with Gasteiger partial charge in [-0.3, -0.25) is 9.59 Å². The van der Waals surface area contributed by atoms with Crippen LogP contribution in [0.2, 0.25) is 5.02 Å². The molecule has 202 valence electrons. The lowest BCUT2D eigenvalue weighted by atomic mass is 9.49. The SMILES string of the molecule is Cc1oc(-c2ccc(Cl)cc2)cc1C(=O)N1CCc2c(ncnc2NC(=O)CC23CC4CC(CC(C4)C2)C3)C1. The predicted octanol–water partition coefficient (Wildman–Crippen LogP) is 6.44. The first-order valence-corrected chi connectivity index (χ1v) is 14.5. The number of furan rings is 1. The molecule has 4 saturated carbocycles. The fraction of sp³-hybridized carbons (Fsp3) is 0.484. The number of carbonyl (C=O) groups excluding carboxylic acids is 2. The van der Waals surface area contributed by atoms with Crippen molar-refractivity contribution in [1.82, 2.24) is 14.9 Å². The predicted molar refractivity (Wildman–Crippen MR) is 148 cm³/mol. The molecule has 1 N–H and O–H groups in total. The van der Waals surface area contributed by atoms with Crippen LogP contribution in [0.3, 0.4) is 0 Å². The molecule has 0 radical (unpaired) electrons. The topological polar surface area (TPSA) is 88.3 Å². The van der Waals surface area contributed by atoms with Crippen molar-refractivity contribution in [2.75, 3.05) is 11.9 Å². The fourth-order valence-corrected chi connectivity index (χ4v) is 8.41. The number of aryl methyl sites for hydroxylation is 1. The van der Waals surface area contributed by atoms with Crippen LogP contribution in [0.15, 0.2) is 41.1 Å². The highest BCUT2D eigenvalue weighted by Crippen LogP contribution is 2.61. The summed E-state index contributed by atoms with van der Waals surface area (Å²) in [5.41, 5.74) is 3.32. The first-order valence-electron chi connectivity index (χ1n) is 14.1. The number of amides is 2. The molecule has 39 heavy (non-hydrogen) atoms. The highest BCUT2D eigenvalue weighted by molar-refractivity contribution is 6.30. The number of nitrogens with one attached hydrogen (secondary N) is 1. The van der Waals surface area contributed by atoms with E-state index < -0.39 is 0 Å². The summed E-state index contributed by atoms with van der Waals surface area (Å²) in [4.78, 5) is 37.5. The minimum absolute atomic E-state index is 0.0695. The molecule has 0 spiro atoms. The van der Waals surface area contributed by atoms with Crippen LogP contribution in [0.25, 0.3) is 11.3 Å². The summed E-state index contributed by atoms with van der Waals surface area (Å²) >= 11 is 6.01. The number of aromatic nitrogens is 2. The van der Waals surface area contributed by atoms with Gasteiger partial charge >= 0.3 is 0 Å². The summed E-state index contributed by atoms with van der Waals surface area (Å²) < 4.78 is 5.92. The highest BCUT2D eigenvalue weighted by Gasteiger charge is 2.51. The molecule has 3 aromatic rings. The molecule has 4 bridgehead atoms. The number of nitrogens with zero attached hydrogens (tertiary/aromatic N) is 3. The molecule has 4 fully saturated rings. The van der Waals surface area contributed by atoms with Crippen molar-refractivity contribution >= 4 is 29.2 Å². The van der Waals surface area contributed by atoms with Crippen LogP contribution in [-0.4, -0.2) is 33.2 Å². The smallest absolute Gasteiger partial charge is 0.257 e. The van der Waals surface area contributed by atoms with Gasteiger partial charge in [0.2, 0.25) is 5.91 Å². The summed E-state index contributed by atoms with van der Waals surface area (Å²) in [5.74, 6) is 4.26. The number of fused-ring (bicyclic) bond motifs is 1. The molecule has 2 amide bonds. The molecular formula is C31H33ClN4O3. The Kier molecular flexibility index (Phi) is 6.03. The monoisotopic (exact) mass is 544 g/mol. The number of hydrogen-bond donors (Lipinski definition) is 1. The average molecular weight is 545 g/mol. The van der Waals surface area contributed by atoms with Crippen molar-refractivity contribution in [3.8, 4) is 11.3 Å². The largest absolute Gasteiger partial charge is 0.461 e. The zero-order valence-corrected chi connectivity index (χ0v) is 23.0. The van der Waals surface area contributed by atoms with Gasteiger partial charge in [-0.1, -0.05) is 11.6 Å². The van der Waals surface area contributed by atoms with Crippen LogP contribution in [0, 0.1) is 30.1 Å². The second-order valence-corrected chi connectivity index (χ2v) is 12.8. The molecule has 7 nitrogen and oxygen atoms in total. The number of anilines is 1. The van der Waals surface area contributed by atoms with Gasteiger partial charge in [-0.2, -0.15) is 0 Å². The van der Waals surface area contributed by atoms with Gasteiger partial charge in [-0.15, -0.1) is 0 Å². The number of carbonyl (C=O) groups is 2. The molecule has 8 heteroatoms. The Hall–Kier alpha value is -3.19. The Bertz CT molecular complexity index is 1410. The summed E-state index contributed by atoms with van der Waals surface area (Å²) in [5, 5.41) is 3.79. The van der Waals surface area contributed by atoms with Crippen LogP contribution in [0.5, 0.6) is 0 Å². The third kappa shape index (κ3) is 4.65. The Morgan fingerprint density at radius 2 is 1.77 bits per heavy atom. The van der Waals surface area contributed by atoms with Crippen LogP contribution in [0.1, 0.15) is 72.3 Å². The van der Waals surface area contributed by atoms with Gasteiger partial charge in [-0.25, -0.2) is 9.97 Å². The molecule has 2 aromatic heterocycles. The standard InChI is InChI=1S/C31H33ClN4O3/c1-18-25(11-27(39-18)22-2-4-23(32)5-3-22)30(38)36-7-6-24-26(16-36)33-17-34-29(24)35-28(37)15-31-12-19-8-20(13-31)10-21(9-19)14-31/h2-5,11,17,19-21H,6-10,12-16H2,1H3,(H,33,34,35,37). The number of hydrogen-bond acceptors (Lipinski definition) is 5. The Morgan fingerprint density at radius 3 is 2.46 bits per heavy atom. The van der Waals surface area contributed by atoms with Crippen molar-refractivity contribution in [1.29, 1.82) is 0 Å². The van der Waals surface area contributed by atoms with Gasteiger partial charge in [0.25, 0.3) is 5.91 Å². The van der Waals surface area contributed by atoms with E-state index in [4.69, 9.17) is 16.0 Å². The Morgan fingerprint density at radius 1 is 1.08 bits per heavy atom. The first-order chi connectivity index (χ1) is 18.8. The van der Waals surface area contributed by atoms with Crippen LogP contribution < -0.4 is 5.32 Å². The lowest BCUT2D eigenvalue weighted by Crippen LogP contribution is -2.47. The third-order valence-corrected chi connectivity index (χ3v) is 9.78. The van der Waals surface area contributed by atoms with Gasteiger partial charge in [0.15, 0.2) is 0 Å². The Labute approximate surface area is 233 Å². The summed E-state index contributed by atoms with van der Waals surface area (Å²) in [6, 6.07) is 9.16. The van der Waals surface area contributed by atoms with Crippen LogP contribution >= 0.6 is 11.6 Å². The van der Waals surface area contributed by atoms with E-state index in [2.05, 4.69) is 15.3 Å². The highest BCUT2D eigenvalue weighted by atomic mass is 35.5. The lowest BCUT2D eigenvalue weighted by Gasteiger charge is -2.56. The van der Waals surface area contributed by atoms with E-state index in [9.17, 15) is 9.59 Å². The van der Waals surface area contributed by atoms with Crippen molar-refractivity contribution in [3.05, 3.63) is 64.3 Å². The quantitative estimate of drug-likeness (QED) is 0.399. The first kappa shape index (κ1) is 24.8. The zero-order valence-electron chi connectivity index (χ0n) is 22.2.